The van der Waals surface area contributed by atoms with Crippen LogP contribution in [0.15, 0.2) is 54.6 Å². The number of carbonyl (C=O) groups is 1. The van der Waals surface area contributed by atoms with E-state index in [1.54, 1.807) is 30.3 Å². The van der Waals surface area contributed by atoms with Crippen molar-refractivity contribution in [3.05, 3.63) is 77.1 Å². The first kappa shape index (κ1) is 15.0. The van der Waals surface area contributed by atoms with Crippen molar-refractivity contribution in [1.82, 2.24) is 0 Å². The lowest BCUT2D eigenvalue weighted by Gasteiger charge is -2.11. The molecule has 0 unspecified atom stereocenters. The fraction of sp³-hybridized carbons (Fsp3) is 0.0625. The minimum Gasteiger partial charge on any atom is -0.289 e. The molecule has 0 saturated carbocycles. The van der Waals surface area contributed by atoms with Crippen LogP contribution in [0.3, 0.4) is 0 Å². The van der Waals surface area contributed by atoms with Crippen molar-refractivity contribution >= 4 is 11.9 Å². The summed E-state index contributed by atoms with van der Waals surface area (Å²) in [5, 5.41) is 0. The normalized spacial score (nSPS) is 11.8. The molecule has 5 heteroatoms. The standard InChI is InChI=1S/C16H10F4O/c17-13-8-4-7-12(15(13)16(18,19)20)14(21)10-9-11-5-2-1-3-6-11/h1-10H. The molecular formula is C16H10F4O. The molecule has 0 fully saturated rings. The Bertz CT molecular complexity index is 672. The largest absolute Gasteiger partial charge is 0.419 e. The number of alkyl halides is 3. The number of rotatable bonds is 3. The van der Waals surface area contributed by atoms with Crippen molar-refractivity contribution in [2.45, 2.75) is 6.18 Å². The van der Waals surface area contributed by atoms with Gasteiger partial charge in [0.2, 0.25) is 0 Å². The van der Waals surface area contributed by atoms with Crippen LogP contribution in [0, 0.1) is 5.82 Å². The Morgan fingerprint density at radius 2 is 1.62 bits per heavy atom. The Kier molecular flexibility index (Phi) is 4.21. The van der Waals surface area contributed by atoms with Crippen LogP contribution in [0.4, 0.5) is 17.6 Å². The zero-order valence-electron chi connectivity index (χ0n) is 10.7. The first-order valence-corrected chi connectivity index (χ1v) is 6.03. The van der Waals surface area contributed by atoms with Crippen molar-refractivity contribution < 1.29 is 22.4 Å². The van der Waals surface area contributed by atoms with Crippen molar-refractivity contribution in [2.24, 2.45) is 0 Å². The van der Waals surface area contributed by atoms with E-state index in [0.29, 0.717) is 11.6 Å². The molecule has 21 heavy (non-hydrogen) atoms. The molecule has 0 radical (unpaired) electrons. The molecule has 0 aliphatic rings. The number of halogens is 4. The van der Waals surface area contributed by atoms with Crippen LogP contribution in [-0.4, -0.2) is 5.78 Å². The quantitative estimate of drug-likeness (QED) is 0.454. The summed E-state index contributed by atoms with van der Waals surface area (Å²) in [6.07, 6.45) is -2.54. The van der Waals surface area contributed by atoms with Crippen LogP contribution in [0.2, 0.25) is 0 Å². The van der Waals surface area contributed by atoms with Crippen molar-refractivity contribution in [1.29, 1.82) is 0 Å². The van der Waals surface area contributed by atoms with E-state index in [1.807, 2.05) is 0 Å². The number of carbonyl (C=O) groups excluding carboxylic acids is 1. The first-order chi connectivity index (χ1) is 9.89. The lowest BCUT2D eigenvalue weighted by Crippen LogP contribution is -2.14. The van der Waals surface area contributed by atoms with E-state index in [9.17, 15) is 22.4 Å². The van der Waals surface area contributed by atoms with Gasteiger partial charge in [0, 0.05) is 5.56 Å². The first-order valence-electron chi connectivity index (χ1n) is 6.03. The van der Waals surface area contributed by atoms with E-state index < -0.39 is 28.9 Å². The number of allylic oxidation sites excluding steroid dienone is 1. The highest BCUT2D eigenvalue weighted by atomic mass is 19.4. The molecule has 0 aliphatic carbocycles. The van der Waals surface area contributed by atoms with Crippen LogP contribution in [0.5, 0.6) is 0 Å². The Balaban J connectivity index is 2.37. The van der Waals surface area contributed by atoms with E-state index >= 15 is 0 Å². The summed E-state index contributed by atoms with van der Waals surface area (Å²) >= 11 is 0. The topological polar surface area (TPSA) is 17.1 Å². The Morgan fingerprint density at radius 1 is 0.952 bits per heavy atom. The number of ketones is 1. The maximum absolute atomic E-state index is 13.4. The van der Waals surface area contributed by atoms with Gasteiger partial charge in [-0.15, -0.1) is 0 Å². The highest BCUT2D eigenvalue weighted by molar-refractivity contribution is 6.07. The van der Waals surface area contributed by atoms with Gasteiger partial charge in [-0.25, -0.2) is 4.39 Å². The predicted molar refractivity (Wildman–Crippen MR) is 71.2 cm³/mol. The van der Waals surface area contributed by atoms with Gasteiger partial charge in [0.05, 0.1) is 0 Å². The maximum atomic E-state index is 13.4. The van der Waals surface area contributed by atoms with Gasteiger partial charge in [-0.3, -0.25) is 4.79 Å². The predicted octanol–water partition coefficient (Wildman–Crippen LogP) is 4.74. The molecule has 0 atom stereocenters. The van der Waals surface area contributed by atoms with Gasteiger partial charge in [0.25, 0.3) is 0 Å². The van der Waals surface area contributed by atoms with E-state index in [0.717, 1.165) is 18.2 Å². The van der Waals surface area contributed by atoms with E-state index in [1.165, 1.54) is 6.08 Å². The van der Waals surface area contributed by atoms with Gasteiger partial charge in [-0.05, 0) is 17.7 Å². The van der Waals surface area contributed by atoms with Gasteiger partial charge in [-0.1, -0.05) is 48.5 Å². The van der Waals surface area contributed by atoms with Crippen molar-refractivity contribution in [2.75, 3.05) is 0 Å². The molecule has 2 rings (SSSR count). The number of hydrogen-bond acceptors (Lipinski definition) is 1. The summed E-state index contributed by atoms with van der Waals surface area (Å²) in [6, 6.07) is 11.3. The van der Waals surface area contributed by atoms with Crippen LogP contribution >= 0.6 is 0 Å². The van der Waals surface area contributed by atoms with E-state index in [-0.39, 0.29) is 0 Å². The maximum Gasteiger partial charge on any atom is 0.419 e. The molecule has 0 amide bonds. The second kappa shape index (κ2) is 5.91. The summed E-state index contributed by atoms with van der Waals surface area (Å²) in [7, 11) is 0. The minimum atomic E-state index is -4.92. The summed E-state index contributed by atoms with van der Waals surface area (Å²) in [6.45, 7) is 0. The third kappa shape index (κ3) is 3.56. The smallest absolute Gasteiger partial charge is 0.289 e. The highest BCUT2D eigenvalue weighted by Crippen LogP contribution is 2.34. The second-order valence-electron chi connectivity index (χ2n) is 4.27. The zero-order valence-corrected chi connectivity index (χ0v) is 10.7. The average molecular weight is 294 g/mol. The third-order valence-electron chi connectivity index (χ3n) is 2.79. The molecule has 1 nitrogen and oxygen atoms in total. The molecular weight excluding hydrogens is 284 g/mol. The molecule has 0 aliphatic heterocycles. The molecule has 0 saturated heterocycles. The van der Waals surface area contributed by atoms with Crippen LogP contribution in [0.25, 0.3) is 6.08 Å². The molecule has 0 aromatic heterocycles. The number of hydrogen-bond donors (Lipinski definition) is 0. The summed E-state index contributed by atoms with van der Waals surface area (Å²) in [5.41, 5.74) is -1.57. The molecule has 2 aromatic carbocycles. The molecule has 0 heterocycles. The van der Waals surface area contributed by atoms with E-state index in [4.69, 9.17) is 0 Å². The minimum absolute atomic E-state index is 0.663. The van der Waals surface area contributed by atoms with Gasteiger partial charge in [0.1, 0.15) is 11.4 Å². The van der Waals surface area contributed by atoms with Gasteiger partial charge >= 0.3 is 6.18 Å². The Hall–Kier alpha value is -2.43. The molecule has 2 aromatic rings. The van der Waals surface area contributed by atoms with Gasteiger partial charge in [-0.2, -0.15) is 13.2 Å². The second-order valence-corrected chi connectivity index (χ2v) is 4.27. The third-order valence-corrected chi connectivity index (χ3v) is 2.79. The molecule has 0 N–H and O–H groups in total. The summed E-state index contributed by atoms with van der Waals surface area (Å²) in [5.74, 6) is -2.35. The Morgan fingerprint density at radius 3 is 2.24 bits per heavy atom. The van der Waals surface area contributed by atoms with Gasteiger partial charge in [0.15, 0.2) is 5.78 Å². The van der Waals surface area contributed by atoms with Crippen LogP contribution in [0.1, 0.15) is 21.5 Å². The van der Waals surface area contributed by atoms with Crippen LogP contribution < -0.4 is 0 Å². The van der Waals surface area contributed by atoms with Crippen molar-refractivity contribution in [3.8, 4) is 0 Å². The highest BCUT2D eigenvalue weighted by Gasteiger charge is 2.37. The van der Waals surface area contributed by atoms with Gasteiger partial charge < -0.3 is 0 Å². The SMILES string of the molecule is O=C(C=Cc1ccccc1)c1cccc(F)c1C(F)(F)F. The summed E-state index contributed by atoms with van der Waals surface area (Å²) < 4.78 is 51.8. The fourth-order valence-electron chi connectivity index (χ4n) is 1.84. The molecule has 108 valence electrons. The summed E-state index contributed by atoms with van der Waals surface area (Å²) in [4.78, 5) is 11.9. The lowest BCUT2D eigenvalue weighted by molar-refractivity contribution is -0.140. The lowest BCUT2D eigenvalue weighted by atomic mass is 10.0. The monoisotopic (exact) mass is 294 g/mol. The van der Waals surface area contributed by atoms with E-state index in [2.05, 4.69) is 0 Å². The fourth-order valence-corrected chi connectivity index (χ4v) is 1.84. The number of benzene rings is 2. The average Bonchev–Trinajstić information content (AvgIpc) is 2.44. The molecule has 0 bridgehead atoms. The molecule has 0 spiro atoms. The van der Waals surface area contributed by atoms with Crippen LogP contribution in [-0.2, 0) is 6.18 Å². The zero-order chi connectivity index (χ0) is 15.5. The Labute approximate surface area is 118 Å². The van der Waals surface area contributed by atoms with Crippen molar-refractivity contribution in [3.63, 3.8) is 0 Å².